The van der Waals surface area contributed by atoms with E-state index in [0.29, 0.717) is 12.4 Å². The summed E-state index contributed by atoms with van der Waals surface area (Å²) in [5.74, 6) is 1.45. The van der Waals surface area contributed by atoms with Crippen LogP contribution in [-0.4, -0.2) is 26.1 Å². The van der Waals surface area contributed by atoms with Crippen molar-refractivity contribution in [3.63, 3.8) is 0 Å². The first kappa shape index (κ1) is 19.9. The molecule has 0 saturated carbocycles. The second-order valence-electron chi connectivity index (χ2n) is 6.47. The lowest BCUT2D eigenvalue weighted by Gasteiger charge is -2.14. The minimum absolute atomic E-state index is 0.0829. The highest BCUT2D eigenvalue weighted by Gasteiger charge is 2.23. The van der Waals surface area contributed by atoms with Gasteiger partial charge < -0.3 is 14.8 Å². The van der Waals surface area contributed by atoms with E-state index in [1.54, 1.807) is 0 Å². The average molecular weight is 407 g/mol. The Morgan fingerprint density at radius 3 is 2.75 bits per heavy atom. The number of hydrogen-bond acceptors (Lipinski definition) is 7. The number of benzene rings is 2. The normalized spacial score (nSPS) is 15.6. The smallest absolute Gasteiger partial charge is 0.293 e. The van der Waals surface area contributed by atoms with Crippen molar-refractivity contribution in [3.8, 4) is 11.5 Å². The van der Waals surface area contributed by atoms with Crippen molar-refractivity contribution in [1.82, 2.24) is 0 Å². The van der Waals surface area contributed by atoms with Crippen LogP contribution >= 0.6 is 0 Å². The van der Waals surface area contributed by atoms with E-state index in [1.165, 1.54) is 12.1 Å². The highest BCUT2D eigenvalue weighted by molar-refractivity contribution is 7.89. The Bertz CT molecular complexity index is 1020. The zero-order valence-corrected chi connectivity index (χ0v) is 16.3. The Labute approximate surface area is 162 Å². The summed E-state index contributed by atoms with van der Waals surface area (Å²) >= 11 is 0. The molecule has 0 aromatic heterocycles. The number of hydrogen-bond donors (Lipinski definition) is 2. The molecule has 28 heavy (non-hydrogen) atoms. The van der Waals surface area contributed by atoms with Gasteiger partial charge in [0.05, 0.1) is 16.4 Å². The summed E-state index contributed by atoms with van der Waals surface area (Å²) < 4.78 is 34.4. The predicted octanol–water partition coefficient (Wildman–Crippen LogP) is 2.58. The van der Waals surface area contributed by atoms with E-state index in [-0.39, 0.29) is 28.9 Å². The van der Waals surface area contributed by atoms with Crippen molar-refractivity contribution < 1.29 is 22.8 Å². The third-order valence-electron chi connectivity index (χ3n) is 4.34. The lowest BCUT2D eigenvalue weighted by molar-refractivity contribution is -0.384. The standard InChI is InChI=1S/C18H21N3O6S/c1-3-26-17-7-12-6-11(2)27-18(12)8-13(17)10-20-15-5-4-14(28(19,24)25)9-16(15)21(22)23/h4-5,7-9,11,20H,3,6,10H2,1-2H3,(H2,19,24,25)/t11-/m0/s1. The van der Waals surface area contributed by atoms with Crippen LogP contribution < -0.4 is 19.9 Å². The van der Waals surface area contributed by atoms with Crippen molar-refractivity contribution in [2.75, 3.05) is 11.9 Å². The molecule has 1 aliphatic rings. The number of nitrogens with zero attached hydrogens (tertiary/aromatic N) is 1. The first-order valence-electron chi connectivity index (χ1n) is 8.69. The maximum absolute atomic E-state index is 11.5. The van der Waals surface area contributed by atoms with Gasteiger partial charge in [-0.2, -0.15) is 0 Å². The molecular weight excluding hydrogens is 386 g/mol. The lowest BCUT2D eigenvalue weighted by atomic mass is 10.1. The minimum Gasteiger partial charge on any atom is -0.494 e. The first-order chi connectivity index (χ1) is 13.2. The molecule has 1 heterocycles. The maximum atomic E-state index is 11.5. The van der Waals surface area contributed by atoms with Crippen molar-refractivity contribution in [1.29, 1.82) is 0 Å². The van der Waals surface area contributed by atoms with Crippen LogP contribution in [0.2, 0.25) is 0 Å². The topological polar surface area (TPSA) is 134 Å². The summed E-state index contributed by atoms with van der Waals surface area (Å²) in [5.41, 5.74) is 1.63. The fraction of sp³-hybridized carbons (Fsp3) is 0.333. The number of primary sulfonamides is 1. The molecule has 0 fully saturated rings. The van der Waals surface area contributed by atoms with E-state index in [1.807, 2.05) is 26.0 Å². The molecule has 0 amide bonds. The monoisotopic (exact) mass is 407 g/mol. The summed E-state index contributed by atoms with van der Waals surface area (Å²) in [4.78, 5) is 10.4. The van der Waals surface area contributed by atoms with E-state index < -0.39 is 14.9 Å². The third-order valence-corrected chi connectivity index (χ3v) is 5.25. The van der Waals surface area contributed by atoms with Crippen LogP contribution in [0.5, 0.6) is 11.5 Å². The van der Waals surface area contributed by atoms with Crippen LogP contribution in [0.3, 0.4) is 0 Å². The number of ether oxygens (including phenoxy) is 2. The zero-order valence-electron chi connectivity index (χ0n) is 15.5. The van der Waals surface area contributed by atoms with Gasteiger partial charge >= 0.3 is 0 Å². The Hall–Kier alpha value is -2.85. The van der Waals surface area contributed by atoms with Crippen molar-refractivity contribution in [3.05, 3.63) is 51.6 Å². The van der Waals surface area contributed by atoms with Crippen molar-refractivity contribution in [2.45, 2.75) is 37.8 Å². The van der Waals surface area contributed by atoms with Gasteiger partial charge in [-0.15, -0.1) is 0 Å². The van der Waals surface area contributed by atoms with Crippen LogP contribution in [0.4, 0.5) is 11.4 Å². The summed E-state index contributed by atoms with van der Waals surface area (Å²) in [6.45, 7) is 4.57. The van der Waals surface area contributed by atoms with E-state index >= 15 is 0 Å². The van der Waals surface area contributed by atoms with Crippen LogP contribution in [0.15, 0.2) is 35.2 Å². The van der Waals surface area contributed by atoms with E-state index in [2.05, 4.69) is 5.32 Å². The summed E-state index contributed by atoms with van der Waals surface area (Å²) in [7, 11) is -4.04. The Morgan fingerprint density at radius 2 is 2.11 bits per heavy atom. The van der Waals surface area contributed by atoms with Gasteiger partial charge in [0, 0.05) is 30.2 Å². The summed E-state index contributed by atoms with van der Waals surface area (Å²) in [6.07, 6.45) is 0.878. The van der Waals surface area contributed by atoms with Crippen molar-refractivity contribution >= 4 is 21.4 Å². The molecule has 2 aromatic rings. The average Bonchev–Trinajstić information content (AvgIpc) is 2.97. The molecule has 2 aromatic carbocycles. The number of anilines is 1. The molecular formula is C18H21N3O6S. The van der Waals surface area contributed by atoms with Gasteiger partial charge in [-0.25, -0.2) is 13.6 Å². The van der Waals surface area contributed by atoms with Crippen LogP contribution in [0.25, 0.3) is 0 Å². The summed E-state index contributed by atoms with van der Waals surface area (Å²) in [6, 6.07) is 7.28. The number of nitrogens with one attached hydrogen (secondary N) is 1. The molecule has 150 valence electrons. The molecule has 3 rings (SSSR count). The van der Waals surface area contributed by atoms with Crippen molar-refractivity contribution in [2.24, 2.45) is 5.14 Å². The predicted molar refractivity (Wildman–Crippen MR) is 103 cm³/mol. The molecule has 0 unspecified atom stereocenters. The fourth-order valence-electron chi connectivity index (χ4n) is 3.09. The van der Waals surface area contributed by atoms with Gasteiger partial charge in [0.15, 0.2) is 0 Å². The molecule has 9 nitrogen and oxygen atoms in total. The van der Waals surface area contributed by atoms with E-state index in [9.17, 15) is 18.5 Å². The van der Waals surface area contributed by atoms with Gasteiger partial charge in [0.2, 0.25) is 10.0 Å². The molecule has 0 aliphatic carbocycles. The number of fused-ring (bicyclic) bond motifs is 1. The largest absolute Gasteiger partial charge is 0.494 e. The molecule has 1 aliphatic heterocycles. The third kappa shape index (κ3) is 4.18. The summed E-state index contributed by atoms with van der Waals surface area (Å²) in [5, 5.41) is 19.4. The van der Waals surface area contributed by atoms with E-state index in [0.717, 1.165) is 29.4 Å². The Balaban J connectivity index is 1.90. The van der Waals surface area contributed by atoms with Crippen LogP contribution in [0, 0.1) is 10.1 Å². The molecule has 0 bridgehead atoms. The zero-order chi connectivity index (χ0) is 20.5. The number of nitrogens with two attached hydrogens (primary N) is 1. The Kier molecular flexibility index (Phi) is 5.43. The van der Waals surface area contributed by atoms with Crippen LogP contribution in [0.1, 0.15) is 25.0 Å². The molecule has 0 saturated heterocycles. The molecule has 0 radical (unpaired) electrons. The molecule has 0 spiro atoms. The Morgan fingerprint density at radius 1 is 1.36 bits per heavy atom. The maximum Gasteiger partial charge on any atom is 0.293 e. The molecule has 3 N–H and O–H groups in total. The first-order valence-corrected chi connectivity index (χ1v) is 10.2. The van der Waals surface area contributed by atoms with Gasteiger partial charge in [-0.3, -0.25) is 10.1 Å². The SMILES string of the molecule is CCOc1cc2c(cc1CNc1ccc(S(N)(=O)=O)cc1[N+](=O)[O-])O[C@@H](C)C2. The minimum atomic E-state index is -4.04. The quantitative estimate of drug-likeness (QED) is 0.532. The molecule has 1 atom stereocenters. The number of nitro benzene ring substituents is 1. The highest BCUT2D eigenvalue weighted by atomic mass is 32.2. The number of nitro groups is 1. The van der Waals surface area contributed by atoms with Gasteiger partial charge in [0.25, 0.3) is 5.69 Å². The highest BCUT2D eigenvalue weighted by Crippen LogP contribution is 2.36. The van der Waals surface area contributed by atoms with Gasteiger partial charge in [0.1, 0.15) is 23.3 Å². The molecule has 10 heteroatoms. The van der Waals surface area contributed by atoms with E-state index in [4.69, 9.17) is 14.6 Å². The second kappa shape index (κ2) is 7.64. The van der Waals surface area contributed by atoms with Crippen LogP contribution in [-0.2, 0) is 23.0 Å². The fourth-order valence-corrected chi connectivity index (χ4v) is 3.62. The van der Waals surface area contributed by atoms with Gasteiger partial charge in [-0.1, -0.05) is 0 Å². The number of rotatable bonds is 7. The second-order valence-corrected chi connectivity index (χ2v) is 8.03. The lowest BCUT2D eigenvalue weighted by Crippen LogP contribution is -2.13. The van der Waals surface area contributed by atoms with Gasteiger partial charge in [-0.05, 0) is 38.1 Å². The number of sulfonamides is 1.